The molecule has 1 atom stereocenters. The predicted octanol–water partition coefficient (Wildman–Crippen LogP) is 4.42. The third-order valence-electron chi connectivity index (χ3n) is 2.93. The Morgan fingerprint density at radius 3 is 2.41 bits per heavy atom. The number of rotatable bonds is 7. The van der Waals surface area contributed by atoms with Crippen LogP contribution in [0.1, 0.15) is 38.3 Å². The molecule has 0 radical (unpaired) electrons. The molecule has 1 aromatic carbocycles. The van der Waals surface area contributed by atoms with Gasteiger partial charge in [0.15, 0.2) is 0 Å². The van der Waals surface area contributed by atoms with Gasteiger partial charge in [-0.15, -0.1) is 11.8 Å². The first-order valence-corrected chi connectivity index (χ1v) is 7.26. The molecule has 1 N–H and O–H groups in total. The largest absolute Gasteiger partial charge is 0.313 e. The summed E-state index contributed by atoms with van der Waals surface area (Å²) in [5, 5.41) is 3.37. The fourth-order valence-corrected chi connectivity index (χ4v) is 2.44. The van der Waals surface area contributed by atoms with E-state index in [0.717, 1.165) is 18.6 Å². The van der Waals surface area contributed by atoms with Crippen molar-refractivity contribution < 1.29 is 0 Å². The van der Waals surface area contributed by atoms with E-state index in [4.69, 9.17) is 0 Å². The van der Waals surface area contributed by atoms with E-state index in [9.17, 15) is 0 Å². The van der Waals surface area contributed by atoms with Crippen molar-refractivity contribution in [3.05, 3.63) is 42.0 Å². The summed E-state index contributed by atoms with van der Waals surface area (Å²) in [6, 6.07) is 9.26. The van der Waals surface area contributed by atoms with Crippen LogP contribution in [0, 0.1) is 0 Å². The molecule has 0 spiro atoms. The van der Waals surface area contributed by atoms with Crippen molar-refractivity contribution in [2.75, 3.05) is 12.8 Å². The highest BCUT2D eigenvalue weighted by molar-refractivity contribution is 7.99. The zero-order chi connectivity index (χ0) is 12.7. The summed E-state index contributed by atoms with van der Waals surface area (Å²) in [5.41, 5.74) is 2.65. The maximum absolute atomic E-state index is 4.09. The van der Waals surface area contributed by atoms with Crippen molar-refractivity contribution in [2.24, 2.45) is 0 Å². The van der Waals surface area contributed by atoms with Gasteiger partial charge < -0.3 is 5.32 Å². The van der Waals surface area contributed by atoms with Gasteiger partial charge in [-0.05, 0) is 43.3 Å². The van der Waals surface area contributed by atoms with Crippen LogP contribution in [0.2, 0.25) is 0 Å². The SMILES string of the molecule is C=C(CC)CC(NC)c1ccc(SCC)cc1. The van der Waals surface area contributed by atoms with Gasteiger partial charge in [-0.1, -0.05) is 38.1 Å². The summed E-state index contributed by atoms with van der Waals surface area (Å²) in [7, 11) is 2.02. The van der Waals surface area contributed by atoms with E-state index in [2.05, 4.69) is 50.0 Å². The van der Waals surface area contributed by atoms with Crippen molar-refractivity contribution in [1.82, 2.24) is 5.32 Å². The van der Waals surface area contributed by atoms with E-state index in [1.54, 1.807) is 0 Å². The maximum Gasteiger partial charge on any atom is 0.0355 e. The molecule has 17 heavy (non-hydrogen) atoms. The van der Waals surface area contributed by atoms with Gasteiger partial charge >= 0.3 is 0 Å². The van der Waals surface area contributed by atoms with Crippen molar-refractivity contribution >= 4 is 11.8 Å². The quantitative estimate of drug-likeness (QED) is 0.567. The molecule has 0 aliphatic heterocycles. The molecule has 1 rings (SSSR count). The molecule has 0 bridgehead atoms. The summed E-state index contributed by atoms with van der Waals surface area (Å²) < 4.78 is 0. The molecule has 0 aliphatic carbocycles. The first kappa shape index (κ1) is 14.3. The van der Waals surface area contributed by atoms with Gasteiger partial charge in [0.1, 0.15) is 0 Å². The average Bonchev–Trinajstić information content (AvgIpc) is 2.37. The minimum atomic E-state index is 0.392. The van der Waals surface area contributed by atoms with Gasteiger partial charge in [0.2, 0.25) is 0 Å². The van der Waals surface area contributed by atoms with Crippen LogP contribution in [0.5, 0.6) is 0 Å². The topological polar surface area (TPSA) is 12.0 Å². The van der Waals surface area contributed by atoms with E-state index in [1.165, 1.54) is 16.0 Å². The molecule has 0 saturated heterocycles. The molecule has 1 nitrogen and oxygen atoms in total. The van der Waals surface area contributed by atoms with E-state index in [0.29, 0.717) is 6.04 Å². The predicted molar refractivity (Wildman–Crippen MR) is 78.7 cm³/mol. The number of hydrogen-bond donors (Lipinski definition) is 1. The van der Waals surface area contributed by atoms with Gasteiger partial charge in [-0.25, -0.2) is 0 Å². The number of thioether (sulfide) groups is 1. The Hall–Kier alpha value is -0.730. The summed E-state index contributed by atoms with van der Waals surface area (Å²) in [6.07, 6.45) is 2.08. The van der Waals surface area contributed by atoms with Crippen molar-refractivity contribution in [3.8, 4) is 0 Å². The molecular weight excluding hydrogens is 226 g/mol. The van der Waals surface area contributed by atoms with Crippen molar-refractivity contribution in [3.63, 3.8) is 0 Å². The first-order valence-electron chi connectivity index (χ1n) is 6.27. The number of nitrogens with one attached hydrogen (secondary N) is 1. The molecule has 1 unspecified atom stereocenters. The Morgan fingerprint density at radius 1 is 1.29 bits per heavy atom. The Morgan fingerprint density at radius 2 is 1.94 bits per heavy atom. The van der Waals surface area contributed by atoms with Crippen LogP contribution in [0.4, 0.5) is 0 Å². The van der Waals surface area contributed by atoms with E-state index in [-0.39, 0.29) is 0 Å². The molecule has 0 fully saturated rings. The lowest BCUT2D eigenvalue weighted by Gasteiger charge is -2.17. The highest BCUT2D eigenvalue weighted by Gasteiger charge is 2.09. The highest BCUT2D eigenvalue weighted by atomic mass is 32.2. The second kappa shape index (κ2) is 7.57. The first-order chi connectivity index (χ1) is 8.21. The average molecular weight is 249 g/mol. The van der Waals surface area contributed by atoms with Crippen LogP contribution >= 0.6 is 11.8 Å². The minimum Gasteiger partial charge on any atom is -0.313 e. The monoisotopic (exact) mass is 249 g/mol. The van der Waals surface area contributed by atoms with Gasteiger partial charge in [0, 0.05) is 10.9 Å². The van der Waals surface area contributed by atoms with Crippen LogP contribution in [-0.4, -0.2) is 12.8 Å². The molecule has 0 saturated carbocycles. The van der Waals surface area contributed by atoms with E-state index in [1.807, 2.05) is 18.8 Å². The molecule has 2 heteroatoms. The third kappa shape index (κ3) is 4.57. The summed E-state index contributed by atoms with van der Waals surface area (Å²) in [5.74, 6) is 1.13. The second-order valence-electron chi connectivity index (χ2n) is 4.15. The lowest BCUT2D eigenvalue weighted by Crippen LogP contribution is -2.16. The van der Waals surface area contributed by atoms with Gasteiger partial charge in [-0.2, -0.15) is 0 Å². The lowest BCUT2D eigenvalue weighted by molar-refractivity contribution is 0.582. The minimum absolute atomic E-state index is 0.392. The van der Waals surface area contributed by atoms with Crippen LogP contribution in [-0.2, 0) is 0 Å². The number of hydrogen-bond acceptors (Lipinski definition) is 2. The smallest absolute Gasteiger partial charge is 0.0355 e. The third-order valence-corrected chi connectivity index (χ3v) is 3.83. The Kier molecular flexibility index (Phi) is 6.38. The van der Waals surface area contributed by atoms with Crippen LogP contribution in [0.25, 0.3) is 0 Å². The number of benzene rings is 1. The highest BCUT2D eigenvalue weighted by Crippen LogP contribution is 2.24. The maximum atomic E-state index is 4.09. The van der Waals surface area contributed by atoms with Crippen LogP contribution in [0.15, 0.2) is 41.3 Å². The Labute approximate surface area is 110 Å². The van der Waals surface area contributed by atoms with Crippen molar-refractivity contribution in [2.45, 2.75) is 37.6 Å². The van der Waals surface area contributed by atoms with Gasteiger partial charge in [0.25, 0.3) is 0 Å². The van der Waals surface area contributed by atoms with Gasteiger partial charge in [0.05, 0.1) is 0 Å². The second-order valence-corrected chi connectivity index (χ2v) is 5.49. The fraction of sp³-hybridized carbons (Fsp3) is 0.467. The Bertz CT molecular complexity index is 342. The molecule has 1 aromatic rings. The fourth-order valence-electron chi connectivity index (χ4n) is 1.78. The molecule has 94 valence electrons. The van der Waals surface area contributed by atoms with E-state index >= 15 is 0 Å². The standard InChI is InChI=1S/C15H23NS/c1-5-12(3)11-15(16-4)13-7-9-14(10-8-13)17-6-2/h7-10,15-16H,3,5-6,11H2,1-2,4H3. The van der Waals surface area contributed by atoms with Gasteiger partial charge in [-0.3, -0.25) is 0 Å². The molecular formula is C15H23NS. The summed E-state index contributed by atoms with van der Waals surface area (Å²) in [6.45, 7) is 8.43. The normalized spacial score (nSPS) is 12.4. The molecule has 0 heterocycles. The van der Waals surface area contributed by atoms with Crippen LogP contribution < -0.4 is 5.32 Å². The summed E-state index contributed by atoms with van der Waals surface area (Å²) in [4.78, 5) is 1.35. The molecule has 0 aliphatic rings. The Balaban J connectivity index is 2.71. The molecule has 0 amide bonds. The lowest BCUT2D eigenvalue weighted by atomic mass is 9.99. The summed E-state index contributed by atoms with van der Waals surface area (Å²) >= 11 is 1.88. The van der Waals surface area contributed by atoms with Crippen molar-refractivity contribution in [1.29, 1.82) is 0 Å². The zero-order valence-corrected chi connectivity index (χ0v) is 11.9. The van der Waals surface area contributed by atoms with E-state index < -0.39 is 0 Å². The molecule has 0 aromatic heterocycles. The van der Waals surface area contributed by atoms with Crippen LogP contribution in [0.3, 0.4) is 0 Å². The zero-order valence-electron chi connectivity index (χ0n) is 11.1.